The van der Waals surface area contributed by atoms with Crippen LogP contribution in [0.1, 0.15) is 23.6 Å². The predicted molar refractivity (Wildman–Crippen MR) is 110 cm³/mol. The van der Waals surface area contributed by atoms with E-state index in [1.165, 1.54) is 13.2 Å². The van der Waals surface area contributed by atoms with Crippen LogP contribution in [0.25, 0.3) is 11.1 Å². The molecule has 2 aromatic heterocycles. The number of urea groups is 1. The van der Waals surface area contributed by atoms with Gasteiger partial charge in [0.15, 0.2) is 0 Å². The van der Waals surface area contributed by atoms with E-state index in [-0.39, 0.29) is 59.1 Å². The first kappa shape index (κ1) is 28.4. The van der Waals surface area contributed by atoms with Crippen molar-refractivity contribution in [1.82, 2.24) is 9.88 Å². The molecule has 156 valence electrons. The molecule has 32 heavy (non-hydrogen) atoms. The number of carboxylic acid groups (broad SMARTS) is 1. The van der Waals surface area contributed by atoms with Gasteiger partial charge in [-0.05, 0) is 46.0 Å². The van der Waals surface area contributed by atoms with Crippen molar-refractivity contribution in [1.29, 1.82) is 0 Å². The summed E-state index contributed by atoms with van der Waals surface area (Å²) >= 11 is 1.56. The number of carbonyl (C=O) groups excluding carboxylic acids is 2. The van der Waals surface area contributed by atoms with Crippen molar-refractivity contribution in [2.45, 2.75) is 19.4 Å². The summed E-state index contributed by atoms with van der Waals surface area (Å²) in [7, 11) is 1.45. The number of anilines is 1. The molecule has 2 N–H and O–H groups in total. The molecule has 0 saturated heterocycles. The van der Waals surface area contributed by atoms with E-state index in [1.807, 2.05) is 23.8 Å². The SMILES string of the molecule is Cc1cscc1-c1cccc([C@H](CC(=O)[O-])NC(=O)Nc2c([O-])ccn(C)c2=O)c1.[Na+].[Na+]. The van der Waals surface area contributed by atoms with Gasteiger partial charge in [0.1, 0.15) is 5.69 Å². The molecule has 2 heterocycles. The number of carbonyl (C=O) groups is 2. The molecule has 0 fully saturated rings. The van der Waals surface area contributed by atoms with Gasteiger partial charge in [-0.25, -0.2) is 4.79 Å². The summed E-state index contributed by atoms with van der Waals surface area (Å²) in [6.07, 6.45) is 0.821. The molecule has 0 aliphatic heterocycles. The van der Waals surface area contributed by atoms with Gasteiger partial charge in [-0.15, -0.1) is 0 Å². The Bertz CT molecular complexity index is 1160. The van der Waals surface area contributed by atoms with E-state index < -0.39 is 41.5 Å². The Hall–Kier alpha value is -1.59. The third kappa shape index (κ3) is 6.95. The van der Waals surface area contributed by atoms with Gasteiger partial charge in [0.2, 0.25) is 0 Å². The van der Waals surface area contributed by atoms with E-state index in [2.05, 4.69) is 10.6 Å². The third-order valence-electron chi connectivity index (χ3n) is 4.60. The Morgan fingerprint density at radius 3 is 2.53 bits per heavy atom. The molecule has 8 nitrogen and oxygen atoms in total. The Labute approximate surface area is 233 Å². The fourth-order valence-corrected chi connectivity index (χ4v) is 3.89. The number of hydrogen-bond acceptors (Lipinski definition) is 6. The van der Waals surface area contributed by atoms with Crippen LogP contribution >= 0.6 is 11.3 Å². The Kier molecular flexibility index (Phi) is 11.2. The van der Waals surface area contributed by atoms with Crippen molar-refractivity contribution in [2.75, 3.05) is 5.32 Å². The van der Waals surface area contributed by atoms with Crippen molar-refractivity contribution in [3.05, 3.63) is 68.8 Å². The Morgan fingerprint density at radius 1 is 1.19 bits per heavy atom. The molecular formula is C21H19N3Na2O5S. The molecule has 11 heteroatoms. The number of aryl methyl sites for hydroxylation is 2. The maximum absolute atomic E-state index is 12.4. The molecule has 3 rings (SSSR count). The number of aliphatic carboxylic acids is 1. The fraction of sp³-hybridized carbons (Fsp3) is 0.190. The van der Waals surface area contributed by atoms with Crippen LogP contribution in [0.5, 0.6) is 5.75 Å². The zero-order valence-electron chi connectivity index (χ0n) is 18.3. The van der Waals surface area contributed by atoms with Gasteiger partial charge in [0, 0.05) is 25.6 Å². The second-order valence-corrected chi connectivity index (χ2v) is 7.54. The molecule has 0 radical (unpaired) electrons. The van der Waals surface area contributed by atoms with Crippen LogP contribution in [-0.4, -0.2) is 16.6 Å². The number of amides is 2. The molecule has 0 bridgehead atoms. The molecule has 0 spiro atoms. The first-order valence-electron chi connectivity index (χ1n) is 9.03. The van der Waals surface area contributed by atoms with Gasteiger partial charge in [-0.2, -0.15) is 11.3 Å². The maximum atomic E-state index is 12.4. The summed E-state index contributed by atoms with van der Waals surface area (Å²) in [4.78, 5) is 35.8. The quantitative estimate of drug-likeness (QED) is 0.351. The van der Waals surface area contributed by atoms with Crippen LogP contribution < -0.4 is 85.5 Å². The van der Waals surface area contributed by atoms with E-state index in [0.717, 1.165) is 27.3 Å². The van der Waals surface area contributed by atoms with E-state index in [4.69, 9.17) is 0 Å². The Morgan fingerprint density at radius 2 is 1.91 bits per heavy atom. The number of carboxylic acids is 1. The minimum atomic E-state index is -1.35. The average Bonchev–Trinajstić information content (AvgIpc) is 3.13. The molecule has 0 aliphatic rings. The maximum Gasteiger partial charge on any atom is 1.00 e. The number of nitrogens with zero attached hydrogens (tertiary/aromatic N) is 1. The summed E-state index contributed by atoms with van der Waals surface area (Å²) in [5, 5.41) is 31.9. The normalized spacial score (nSPS) is 10.9. The number of thiophene rings is 1. The summed E-state index contributed by atoms with van der Waals surface area (Å²) in [6, 6.07) is 6.53. The van der Waals surface area contributed by atoms with Gasteiger partial charge >= 0.3 is 65.1 Å². The van der Waals surface area contributed by atoms with Gasteiger partial charge in [-0.1, -0.05) is 30.0 Å². The summed E-state index contributed by atoms with van der Waals surface area (Å²) < 4.78 is 1.16. The first-order chi connectivity index (χ1) is 14.3. The van der Waals surface area contributed by atoms with E-state index in [9.17, 15) is 24.6 Å². The molecule has 1 aromatic carbocycles. The van der Waals surface area contributed by atoms with Gasteiger partial charge < -0.3 is 30.2 Å². The van der Waals surface area contributed by atoms with E-state index >= 15 is 0 Å². The van der Waals surface area contributed by atoms with E-state index in [0.29, 0.717) is 5.56 Å². The van der Waals surface area contributed by atoms with Crippen molar-refractivity contribution in [3.63, 3.8) is 0 Å². The number of benzene rings is 1. The summed E-state index contributed by atoms with van der Waals surface area (Å²) in [5.41, 5.74) is 2.47. The van der Waals surface area contributed by atoms with Crippen molar-refractivity contribution < 1.29 is 78.9 Å². The number of aromatic nitrogens is 1. The topological polar surface area (TPSA) is 126 Å². The number of rotatable bonds is 6. The van der Waals surface area contributed by atoms with E-state index in [1.54, 1.807) is 29.5 Å². The number of hydrogen-bond donors (Lipinski definition) is 2. The standard InChI is InChI=1S/C21H21N3O5S.2Na/c1-12-10-30-11-15(12)13-4-3-5-14(8-13)16(9-18(26)27)22-21(29)23-19-17(25)6-7-24(2)20(19)28;;/h3-8,10-11,16,25H,9H2,1-2H3,(H,26,27)(H2,22,23,29);;/q;2*+1/p-2/t16-;;/m0../s1. The number of nitrogens with one attached hydrogen (secondary N) is 2. The van der Waals surface area contributed by atoms with Crippen LogP contribution in [-0.2, 0) is 11.8 Å². The zero-order chi connectivity index (χ0) is 21.8. The minimum Gasteiger partial charge on any atom is -0.871 e. The monoisotopic (exact) mass is 471 g/mol. The van der Waals surface area contributed by atoms with Gasteiger partial charge in [-0.3, -0.25) is 4.79 Å². The second kappa shape index (κ2) is 12.6. The third-order valence-corrected chi connectivity index (χ3v) is 5.46. The number of pyridine rings is 1. The van der Waals surface area contributed by atoms with Crippen molar-refractivity contribution >= 4 is 29.0 Å². The van der Waals surface area contributed by atoms with Gasteiger partial charge in [0.25, 0.3) is 5.56 Å². The van der Waals surface area contributed by atoms with Crippen LogP contribution in [0.15, 0.2) is 52.1 Å². The smallest absolute Gasteiger partial charge is 0.871 e. The van der Waals surface area contributed by atoms with Crippen LogP contribution in [0.4, 0.5) is 10.5 Å². The van der Waals surface area contributed by atoms with Gasteiger partial charge in [0.05, 0.1) is 6.04 Å². The minimum absolute atomic E-state index is 0. The van der Waals surface area contributed by atoms with Crippen molar-refractivity contribution in [2.24, 2.45) is 7.05 Å². The molecule has 1 atom stereocenters. The zero-order valence-corrected chi connectivity index (χ0v) is 23.1. The molecular weight excluding hydrogens is 452 g/mol. The summed E-state index contributed by atoms with van der Waals surface area (Å²) in [6.45, 7) is 1.98. The molecule has 0 saturated carbocycles. The van der Waals surface area contributed by atoms with Crippen LogP contribution in [0.2, 0.25) is 0 Å². The average molecular weight is 471 g/mol. The van der Waals surface area contributed by atoms with Crippen LogP contribution in [0.3, 0.4) is 0 Å². The van der Waals surface area contributed by atoms with Crippen LogP contribution in [0, 0.1) is 6.92 Å². The second-order valence-electron chi connectivity index (χ2n) is 6.79. The molecule has 2 amide bonds. The van der Waals surface area contributed by atoms with Crippen molar-refractivity contribution in [3.8, 4) is 16.9 Å². The molecule has 0 aliphatic carbocycles. The summed E-state index contributed by atoms with van der Waals surface area (Å²) in [5.74, 6) is -1.99. The largest absolute Gasteiger partial charge is 1.00 e. The molecule has 0 unspecified atom stereocenters. The Balaban J connectivity index is 0.00000256. The first-order valence-corrected chi connectivity index (χ1v) is 9.97. The fourth-order valence-electron chi connectivity index (χ4n) is 3.03. The predicted octanol–water partition coefficient (Wildman–Crippen LogP) is -4.49. The molecule has 3 aromatic rings.